The molecule has 0 bridgehead atoms. The summed E-state index contributed by atoms with van der Waals surface area (Å²) in [4.78, 5) is 27.9. The third kappa shape index (κ3) is 3.68. The summed E-state index contributed by atoms with van der Waals surface area (Å²) in [6.45, 7) is 1.43. The summed E-state index contributed by atoms with van der Waals surface area (Å²) in [6.07, 6.45) is 4.96. The van der Waals surface area contributed by atoms with Gasteiger partial charge in [-0.25, -0.2) is 19.6 Å². The number of carbonyl (C=O) groups is 1. The van der Waals surface area contributed by atoms with Gasteiger partial charge in [0, 0.05) is 30.8 Å². The molecule has 3 aromatic heterocycles. The quantitative estimate of drug-likeness (QED) is 0.601. The molecular formula is C17H17Br2N7O. The van der Waals surface area contributed by atoms with Gasteiger partial charge in [-0.2, -0.15) is 5.10 Å². The summed E-state index contributed by atoms with van der Waals surface area (Å²) >= 11 is 6.84. The normalized spacial score (nSPS) is 17.3. The van der Waals surface area contributed by atoms with Gasteiger partial charge in [0.05, 0.1) is 11.3 Å². The van der Waals surface area contributed by atoms with Crippen LogP contribution in [0.15, 0.2) is 33.7 Å². The molecule has 4 rings (SSSR count). The zero-order valence-electron chi connectivity index (χ0n) is 14.6. The molecule has 0 spiro atoms. The van der Waals surface area contributed by atoms with E-state index in [9.17, 15) is 4.79 Å². The molecule has 4 heterocycles. The molecule has 1 fully saturated rings. The van der Waals surface area contributed by atoms with Crippen LogP contribution in [0, 0.1) is 5.92 Å². The van der Waals surface area contributed by atoms with Crippen molar-refractivity contribution in [3.8, 4) is 0 Å². The number of halogens is 2. The Hall–Kier alpha value is -2.07. The molecule has 1 aliphatic rings. The summed E-state index contributed by atoms with van der Waals surface area (Å²) in [5, 5.41) is 8.15. The van der Waals surface area contributed by atoms with E-state index in [2.05, 4.69) is 62.1 Å². The van der Waals surface area contributed by atoms with E-state index in [1.165, 1.54) is 0 Å². The van der Waals surface area contributed by atoms with Crippen molar-refractivity contribution in [1.29, 1.82) is 0 Å². The zero-order valence-corrected chi connectivity index (χ0v) is 17.7. The largest absolute Gasteiger partial charge is 0.355 e. The molecule has 0 saturated carbocycles. The standard InChI is InChI=1S/C17H17Br2N7O/c1-25-15-13(14(19)24-25)16(22-9-21-15)26-6-2-3-10(8-26)17(27)23-12-5-4-11(18)7-20-12/h4-5,7,9-10H,2-3,6,8H2,1H3,(H,20,23,27). The molecule has 3 aromatic rings. The molecule has 140 valence electrons. The first kappa shape index (κ1) is 18.3. The Bertz CT molecular complexity index is 989. The number of rotatable bonds is 3. The number of hydrogen-bond acceptors (Lipinski definition) is 6. The fourth-order valence-corrected chi connectivity index (χ4v) is 4.15. The second kappa shape index (κ2) is 7.51. The maximum atomic E-state index is 12.7. The molecule has 0 aromatic carbocycles. The molecule has 1 saturated heterocycles. The molecule has 1 unspecified atom stereocenters. The van der Waals surface area contributed by atoms with Gasteiger partial charge in [-0.15, -0.1) is 0 Å². The highest BCUT2D eigenvalue weighted by molar-refractivity contribution is 9.10. The van der Waals surface area contributed by atoms with Crippen molar-refractivity contribution in [3.05, 3.63) is 33.7 Å². The van der Waals surface area contributed by atoms with Gasteiger partial charge < -0.3 is 10.2 Å². The van der Waals surface area contributed by atoms with Gasteiger partial charge in [0.2, 0.25) is 5.91 Å². The van der Waals surface area contributed by atoms with E-state index >= 15 is 0 Å². The molecule has 1 amide bonds. The van der Waals surface area contributed by atoms with Crippen molar-refractivity contribution in [2.24, 2.45) is 13.0 Å². The molecule has 1 aliphatic heterocycles. The van der Waals surface area contributed by atoms with Crippen molar-refractivity contribution >= 4 is 60.4 Å². The fraction of sp³-hybridized carbons (Fsp3) is 0.353. The number of fused-ring (bicyclic) bond motifs is 1. The highest BCUT2D eigenvalue weighted by Crippen LogP contribution is 2.32. The van der Waals surface area contributed by atoms with Crippen molar-refractivity contribution in [3.63, 3.8) is 0 Å². The number of anilines is 2. The van der Waals surface area contributed by atoms with E-state index in [0.29, 0.717) is 17.0 Å². The maximum Gasteiger partial charge on any atom is 0.230 e. The summed E-state index contributed by atoms with van der Waals surface area (Å²) in [6, 6.07) is 3.64. The Balaban J connectivity index is 1.55. The Labute approximate surface area is 172 Å². The Kier molecular flexibility index (Phi) is 5.09. The molecule has 1 N–H and O–H groups in total. The van der Waals surface area contributed by atoms with Crippen LogP contribution in [0.25, 0.3) is 11.0 Å². The highest BCUT2D eigenvalue weighted by Gasteiger charge is 2.29. The van der Waals surface area contributed by atoms with Crippen LogP contribution in [-0.2, 0) is 11.8 Å². The van der Waals surface area contributed by atoms with E-state index in [-0.39, 0.29) is 11.8 Å². The average Bonchev–Trinajstić information content (AvgIpc) is 2.98. The molecule has 0 aliphatic carbocycles. The number of nitrogens with zero attached hydrogens (tertiary/aromatic N) is 6. The van der Waals surface area contributed by atoms with Crippen LogP contribution >= 0.6 is 31.9 Å². The summed E-state index contributed by atoms with van der Waals surface area (Å²) in [5.74, 6) is 1.20. The maximum absolute atomic E-state index is 12.7. The smallest absolute Gasteiger partial charge is 0.230 e. The van der Waals surface area contributed by atoms with Gasteiger partial charge in [0.15, 0.2) is 5.65 Å². The zero-order chi connectivity index (χ0) is 19.0. The second-order valence-corrected chi connectivity index (χ2v) is 8.11. The van der Waals surface area contributed by atoms with E-state index in [1.54, 1.807) is 23.3 Å². The van der Waals surface area contributed by atoms with Crippen molar-refractivity contribution < 1.29 is 4.79 Å². The highest BCUT2D eigenvalue weighted by atomic mass is 79.9. The van der Waals surface area contributed by atoms with Gasteiger partial charge in [-0.3, -0.25) is 4.79 Å². The van der Waals surface area contributed by atoms with Gasteiger partial charge in [0.1, 0.15) is 22.6 Å². The molecule has 10 heteroatoms. The van der Waals surface area contributed by atoms with Gasteiger partial charge >= 0.3 is 0 Å². The van der Waals surface area contributed by atoms with Crippen LogP contribution in [0.3, 0.4) is 0 Å². The molecule has 8 nitrogen and oxygen atoms in total. The number of carbonyl (C=O) groups excluding carboxylic acids is 1. The number of nitrogens with one attached hydrogen (secondary N) is 1. The Morgan fingerprint density at radius 2 is 2.11 bits per heavy atom. The monoisotopic (exact) mass is 493 g/mol. The lowest BCUT2D eigenvalue weighted by Crippen LogP contribution is -2.41. The van der Waals surface area contributed by atoms with Crippen LogP contribution < -0.4 is 10.2 Å². The minimum absolute atomic E-state index is 0.0231. The molecule has 27 heavy (non-hydrogen) atoms. The lowest BCUT2D eigenvalue weighted by molar-refractivity contribution is -0.120. The number of pyridine rings is 1. The van der Waals surface area contributed by atoms with Gasteiger partial charge in [0.25, 0.3) is 0 Å². The van der Waals surface area contributed by atoms with Crippen LogP contribution in [-0.4, -0.2) is 43.7 Å². The third-order valence-electron chi connectivity index (χ3n) is 4.63. The first-order chi connectivity index (χ1) is 13.0. The summed E-state index contributed by atoms with van der Waals surface area (Å²) < 4.78 is 3.30. The van der Waals surface area contributed by atoms with E-state index in [1.807, 2.05) is 13.1 Å². The van der Waals surface area contributed by atoms with Crippen molar-refractivity contribution in [1.82, 2.24) is 24.7 Å². The van der Waals surface area contributed by atoms with Crippen molar-refractivity contribution in [2.45, 2.75) is 12.8 Å². The van der Waals surface area contributed by atoms with Crippen LogP contribution in [0.4, 0.5) is 11.6 Å². The topological polar surface area (TPSA) is 88.8 Å². The van der Waals surface area contributed by atoms with E-state index < -0.39 is 0 Å². The van der Waals surface area contributed by atoms with Crippen LogP contribution in [0.1, 0.15) is 12.8 Å². The third-order valence-corrected chi connectivity index (χ3v) is 5.65. The Morgan fingerprint density at radius 3 is 2.89 bits per heavy atom. The first-order valence-electron chi connectivity index (χ1n) is 8.53. The molecule has 1 atom stereocenters. The average molecular weight is 495 g/mol. The van der Waals surface area contributed by atoms with Crippen molar-refractivity contribution in [2.75, 3.05) is 23.3 Å². The fourth-order valence-electron chi connectivity index (χ4n) is 3.33. The number of aryl methyl sites for hydroxylation is 1. The number of amides is 1. The number of aromatic nitrogens is 5. The van der Waals surface area contributed by atoms with E-state index in [4.69, 9.17) is 0 Å². The second-order valence-electron chi connectivity index (χ2n) is 6.45. The van der Waals surface area contributed by atoms with E-state index in [0.717, 1.165) is 40.7 Å². The summed E-state index contributed by atoms with van der Waals surface area (Å²) in [7, 11) is 1.85. The van der Waals surface area contributed by atoms with Crippen LogP contribution in [0.2, 0.25) is 0 Å². The SMILES string of the molecule is Cn1nc(Br)c2c(N3CCCC(C(=O)Nc4ccc(Br)cn4)C3)ncnc21. The lowest BCUT2D eigenvalue weighted by Gasteiger charge is -2.33. The number of hydrogen-bond donors (Lipinski definition) is 1. The first-order valence-corrected chi connectivity index (χ1v) is 10.1. The predicted octanol–water partition coefficient (Wildman–Crippen LogP) is 3.14. The predicted molar refractivity (Wildman–Crippen MR) is 110 cm³/mol. The molecule has 0 radical (unpaired) electrons. The van der Waals surface area contributed by atoms with Crippen LogP contribution in [0.5, 0.6) is 0 Å². The molecular weight excluding hydrogens is 478 g/mol. The number of piperidine rings is 1. The minimum Gasteiger partial charge on any atom is -0.355 e. The lowest BCUT2D eigenvalue weighted by atomic mass is 9.97. The Morgan fingerprint density at radius 1 is 1.26 bits per heavy atom. The van der Waals surface area contributed by atoms with Gasteiger partial charge in [-0.05, 0) is 56.8 Å². The summed E-state index contributed by atoms with van der Waals surface area (Å²) in [5.41, 5.74) is 0.762. The van der Waals surface area contributed by atoms with Gasteiger partial charge in [-0.1, -0.05) is 0 Å². The minimum atomic E-state index is -0.135.